The second-order valence-corrected chi connectivity index (χ2v) is 7.75. The molecule has 2 fully saturated rings. The highest BCUT2D eigenvalue weighted by Gasteiger charge is 2.37. The maximum absolute atomic E-state index is 12.7. The van der Waals surface area contributed by atoms with Gasteiger partial charge in [0, 0.05) is 57.3 Å². The quantitative estimate of drug-likeness (QED) is 0.552. The maximum atomic E-state index is 12.7. The van der Waals surface area contributed by atoms with Crippen LogP contribution in [0.25, 0.3) is 11.3 Å². The Morgan fingerprint density at radius 1 is 1.43 bits per heavy atom. The lowest BCUT2D eigenvalue weighted by Gasteiger charge is -2.46. The Morgan fingerprint density at radius 2 is 2.23 bits per heavy atom. The molecule has 0 unspecified atom stereocenters. The minimum atomic E-state index is -0.130. The number of amides is 1. The number of nitrogens with zero attached hydrogens (tertiary/aromatic N) is 4. The first-order valence-electron chi connectivity index (χ1n) is 10.2. The Kier molecular flexibility index (Phi) is 5.80. The molecular formula is C21H27N7O2. The van der Waals surface area contributed by atoms with E-state index in [1.165, 1.54) is 18.9 Å². The summed E-state index contributed by atoms with van der Waals surface area (Å²) in [6, 6.07) is 3.83. The number of hydrogen-bond donors (Lipinski definition) is 3. The molecule has 2 aromatic rings. The molecule has 1 saturated heterocycles. The Hall–Kier alpha value is -3.20. The molecule has 0 radical (unpaired) electrons. The number of rotatable bonds is 8. The lowest BCUT2D eigenvalue weighted by atomic mass is 10.0. The fraction of sp³-hybridized carbons (Fsp3) is 0.429. The highest BCUT2D eigenvalue weighted by Crippen LogP contribution is 2.33. The third-order valence-corrected chi connectivity index (χ3v) is 5.53. The van der Waals surface area contributed by atoms with Gasteiger partial charge in [-0.15, -0.1) is 0 Å². The third-order valence-electron chi connectivity index (χ3n) is 5.53. The molecule has 4 rings (SSSR count). The Labute approximate surface area is 175 Å². The number of carbonyl (C=O) groups excluding carboxylic acids is 1. The predicted molar refractivity (Wildman–Crippen MR) is 116 cm³/mol. The highest BCUT2D eigenvalue weighted by atomic mass is 16.2. The van der Waals surface area contributed by atoms with Crippen molar-refractivity contribution >= 4 is 17.5 Å². The molecule has 158 valence electrons. The Balaban J connectivity index is 1.58. The van der Waals surface area contributed by atoms with Crippen LogP contribution in [0, 0.1) is 5.92 Å². The Morgan fingerprint density at radius 3 is 2.93 bits per heavy atom. The number of nitrogens with two attached hydrogens (primary N) is 1. The summed E-state index contributed by atoms with van der Waals surface area (Å²) in [5, 5.41) is 2.93. The fourth-order valence-electron chi connectivity index (χ4n) is 3.60. The summed E-state index contributed by atoms with van der Waals surface area (Å²) in [5.41, 5.74) is 7.48. The van der Waals surface area contributed by atoms with Gasteiger partial charge in [0.25, 0.3) is 5.56 Å². The zero-order valence-electron chi connectivity index (χ0n) is 17.0. The van der Waals surface area contributed by atoms with Crippen LogP contribution in [-0.2, 0) is 4.79 Å². The second kappa shape index (κ2) is 8.66. The van der Waals surface area contributed by atoms with Crippen LogP contribution < -0.4 is 21.5 Å². The molecule has 1 amide bonds. The Bertz CT molecular complexity index is 993. The summed E-state index contributed by atoms with van der Waals surface area (Å²) < 4.78 is 0. The summed E-state index contributed by atoms with van der Waals surface area (Å²) in [6.07, 6.45) is 8.90. The van der Waals surface area contributed by atoms with Gasteiger partial charge < -0.3 is 25.8 Å². The van der Waals surface area contributed by atoms with Gasteiger partial charge in [0.1, 0.15) is 5.69 Å². The van der Waals surface area contributed by atoms with E-state index in [1.54, 1.807) is 30.4 Å². The summed E-state index contributed by atoms with van der Waals surface area (Å²) in [6.45, 7) is 2.36. The van der Waals surface area contributed by atoms with Crippen molar-refractivity contribution in [3.05, 3.63) is 47.0 Å². The van der Waals surface area contributed by atoms with Crippen LogP contribution in [0.4, 0.5) is 11.6 Å². The molecule has 2 aromatic heterocycles. The molecule has 1 saturated carbocycles. The second-order valence-electron chi connectivity index (χ2n) is 7.75. The van der Waals surface area contributed by atoms with E-state index in [0.717, 1.165) is 17.8 Å². The van der Waals surface area contributed by atoms with Gasteiger partial charge in [-0.1, -0.05) is 6.08 Å². The van der Waals surface area contributed by atoms with E-state index in [0.29, 0.717) is 37.2 Å². The van der Waals surface area contributed by atoms with E-state index in [1.807, 2.05) is 12.1 Å². The van der Waals surface area contributed by atoms with Crippen molar-refractivity contribution in [3.8, 4) is 11.3 Å². The van der Waals surface area contributed by atoms with Crippen molar-refractivity contribution in [2.75, 3.05) is 43.4 Å². The van der Waals surface area contributed by atoms with Gasteiger partial charge in [-0.05, 0) is 30.9 Å². The van der Waals surface area contributed by atoms with Crippen LogP contribution in [-0.4, -0.2) is 65.0 Å². The van der Waals surface area contributed by atoms with E-state index < -0.39 is 0 Å². The SMILES string of the molecule is CNc1nccc(-c2c[nH]c(=O)c(N(CC3CC3)C3CN(C(=O)C=CCN)C3)c2)n1. The van der Waals surface area contributed by atoms with Crippen molar-refractivity contribution in [1.82, 2.24) is 19.9 Å². The van der Waals surface area contributed by atoms with Gasteiger partial charge in [0.15, 0.2) is 0 Å². The molecule has 0 spiro atoms. The van der Waals surface area contributed by atoms with E-state index >= 15 is 0 Å². The standard InChI is InChI=1S/C21H27N7O2/c1-23-21-24-8-6-17(26-21)15-9-18(20(30)25-10-15)28(11-14-4-5-14)16-12-27(13-16)19(29)3-2-7-22/h2-3,6,8-10,14,16H,4-5,7,11-13,22H2,1H3,(H,25,30)(H,23,24,26). The van der Waals surface area contributed by atoms with Crippen molar-refractivity contribution in [2.45, 2.75) is 18.9 Å². The van der Waals surface area contributed by atoms with Gasteiger partial charge in [-0.25, -0.2) is 9.97 Å². The molecule has 30 heavy (non-hydrogen) atoms. The largest absolute Gasteiger partial charge is 0.360 e. The molecule has 0 bridgehead atoms. The molecule has 2 aliphatic rings. The minimum Gasteiger partial charge on any atom is -0.360 e. The number of H-pyrrole nitrogens is 1. The van der Waals surface area contributed by atoms with Gasteiger partial charge in [-0.2, -0.15) is 0 Å². The van der Waals surface area contributed by atoms with Crippen LogP contribution >= 0.6 is 0 Å². The average molecular weight is 409 g/mol. The maximum Gasteiger partial charge on any atom is 0.271 e. The summed E-state index contributed by atoms with van der Waals surface area (Å²) in [5.74, 6) is 1.09. The first-order chi connectivity index (χ1) is 14.6. The van der Waals surface area contributed by atoms with E-state index in [-0.39, 0.29) is 17.5 Å². The minimum absolute atomic E-state index is 0.0358. The number of nitrogens with one attached hydrogen (secondary N) is 2. The molecule has 0 aromatic carbocycles. The number of carbonyl (C=O) groups is 1. The van der Waals surface area contributed by atoms with E-state index in [2.05, 4.69) is 25.2 Å². The number of anilines is 2. The average Bonchev–Trinajstić information content (AvgIpc) is 3.55. The third kappa shape index (κ3) is 4.35. The van der Waals surface area contributed by atoms with E-state index in [4.69, 9.17) is 5.73 Å². The number of hydrogen-bond acceptors (Lipinski definition) is 7. The molecule has 3 heterocycles. The molecule has 9 nitrogen and oxygen atoms in total. The molecule has 9 heteroatoms. The van der Waals surface area contributed by atoms with Gasteiger partial charge in [0.2, 0.25) is 11.9 Å². The predicted octanol–water partition coefficient (Wildman–Crippen LogP) is 0.816. The highest BCUT2D eigenvalue weighted by molar-refractivity contribution is 5.88. The first kappa shape index (κ1) is 20.1. The molecular weight excluding hydrogens is 382 g/mol. The van der Waals surface area contributed by atoms with Crippen LogP contribution in [0.15, 0.2) is 41.5 Å². The molecule has 1 aliphatic heterocycles. The van der Waals surface area contributed by atoms with Crippen LogP contribution in [0.5, 0.6) is 0 Å². The lowest BCUT2D eigenvalue weighted by molar-refractivity contribution is -0.130. The zero-order chi connectivity index (χ0) is 21.1. The van der Waals surface area contributed by atoms with E-state index in [9.17, 15) is 9.59 Å². The normalized spacial score (nSPS) is 16.5. The number of likely N-dealkylation sites (tertiary alicyclic amines) is 1. The number of aromatic amines is 1. The fourth-order valence-corrected chi connectivity index (χ4v) is 3.60. The van der Waals surface area contributed by atoms with Gasteiger partial charge in [-0.3, -0.25) is 9.59 Å². The smallest absolute Gasteiger partial charge is 0.271 e. The van der Waals surface area contributed by atoms with Crippen LogP contribution in [0.3, 0.4) is 0 Å². The van der Waals surface area contributed by atoms with Crippen molar-refractivity contribution in [2.24, 2.45) is 11.7 Å². The van der Waals surface area contributed by atoms with Gasteiger partial charge >= 0.3 is 0 Å². The number of aromatic nitrogens is 3. The zero-order valence-corrected chi connectivity index (χ0v) is 17.0. The summed E-state index contributed by atoms with van der Waals surface area (Å²) in [7, 11) is 1.77. The summed E-state index contributed by atoms with van der Waals surface area (Å²) >= 11 is 0. The number of pyridine rings is 1. The monoisotopic (exact) mass is 409 g/mol. The molecule has 0 atom stereocenters. The van der Waals surface area contributed by atoms with Crippen LogP contribution in [0.2, 0.25) is 0 Å². The molecule has 1 aliphatic carbocycles. The summed E-state index contributed by atoms with van der Waals surface area (Å²) in [4.78, 5) is 40.3. The van der Waals surface area contributed by atoms with Crippen molar-refractivity contribution < 1.29 is 4.79 Å². The van der Waals surface area contributed by atoms with Gasteiger partial charge in [0.05, 0.1) is 11.7 Å². The van der Waals surface area contributed by atoms with Crippen molar-refractivity contribution in [1.29, 1.82) is 0 Å². The topological polar surface area (TPSA) is 120 Å². The molecule has 4 N–H and O–H groups in total. The first-order valence-corrected chi connectivity index (χ1v) is 10.2. The van der Waals surface area contributed by atoms with Crippen molar-refractivity contribution in [3.63, 3.8) is 0 Å². The lowest BCUT2D eigenvalue weighted by Crippen LogP contribution is -2.62. The van der Waals surface area contributed by atoms with Crippen LogP contribution in [0.1, 0.15) is 12.8 Å².